The number of amides is 1. The molecule has 0 aromatic heterocycles. The SMILES string of the molecule is CCCCCCC#CC#CCCCCCCCCNC(=O)CCCCC[N+](C)(C)C. The summed E-state index contributed by atoms with van der Waals surface area (Å²) in [5.74, 6) is 12.5. The second kappa shape index (κ2) is 20.8. The zero-order chi connectivity index (χ0) is 22.3. The standard InChI is InChI=1S/C27H48N2O/c1-5-6-7-8-9-10-11-12-13-14-15-16-17-18-19-22-25-28-27(30)24-21-20-23-26-29(2,3)4/h5-9,14-26H2,1-4H3/p+1. The average molecular weight is 418 g/mol. The van der Waals surface area contributed by atoms with E-state index < -0.39 is 0 Å². The highest BCUT2D eigenvalue weighted by atomic mass is 16.1. The van der Waals surface area contributed by atoms with Gasteiger partial charge in [-0.2, -0.15) is 0 Å². The molecule has 3 heteroatoms. The van der Waals surface area contributed by atoms with Crippen molar-refractivity contribution in [1.82, 2.24) is 5.32 Å². The Morgan fingerprint density at radius 3 is 1.83 bits per heavy atom. The van der Waals surface area contributed by atoms with Crippen LogP contribution in [0.2, 0.25) is 0 Å². The van der Waals surface area contributed by atoms with Crippen LogP contribution >= 0.6 is 0 Å². The minimum Gasteiger partial charge on any atom is -0.356 e. The van der Waals surface area contributed by atoms with Gasteiger partial charge in [-0.25, -0.2) is 0 Å². The Morgan fingerprint density at radius 2 is 1.23 bits per heavy atom. The monoisotopic (exact) mass is 417 g/mol. The van der Waals surface area contributed by atoms with Crippen molar-refractivity contribution in [3.8, 4) is 23.7 Å². The van der Waals surface area contributed by atoms with Crippen molar-refractivity contribution >= 4 is 5.91 Å². The van der Waals surface area contributed by atoms with Gasteiger partial charge in [-0.3, -0.25) is 4.79 Å². The van der Waals surface area contributed by atoms with E-state index in [4.69, 9.17) is 0 Å². The first kappa shape index (κ1) is 28.5. The van der Waals surface area contributed by atoms with Crippen molar-refractivity contribution < 1.29 is 9.28 Å². The summed E-state index contributed by atoms with van der Waals surface area (Å²) in [7, 11) is 6.65. The van der Waals surface area contributed by atoms with E-state index in [0.29, 0.717) is 6.42 Å². The molecule has 0 saturated heterocycles. The van der Waals surface area contributed by atoms with E-state index in [1.165, 1.54) is 70.8 Å². The average Bonchev–Trinajstić information content (AvgIpc) is 2.69. The molecule has 0 aromatic carbocycles. The molecule has 0 heterocycles. The van der Waals surface area contributed by atoms with E-state index >= 15 is 0 Å². The molecule has 0 saturated carbocycles. The number of rotatable bonds is 18. The number of nitrogens with zero attached hydrogens (tertiary/aromatic N) is 1. The lowest BCUT2D eigenvalue weighted by Gasteiger charge is -2.23. The fraction of sp³-hybridized carbons (Fsp3) is 0.815. The van der Waals surface area contributed by atoms with Gasteiger partial charge in [0.1, 0.15) is 0 Å². The number of carbonyl (C=O) groups excluding carboxylic acids is 1. The molecule has 0 bridgehead atoms. The van der Waals surface area contributed by atoms with Gasteiger partial charge in [0.05, 0.1) is 27.7 Å². The van der Waals surface area contributed by atoms with Crippen LogP contribution in [0.15, 0.2) is 0 Å². The van der Waals surface area contributed by atoms with Crippen LogP contribution in [0.4, 0.5) is 0 Å². The largest absolute Gasteiger partial charge is 0.356 e. The number of nitrogens with one attached hydrogen (secondary N) is 1. The zero-order valence-corrected chi connectivity index (χ0v) is 20.6. The fourth-order valence-electron chi connectivity index (χ4n) is 3.26. The van der Waals surface area contributed by atoms with Gasteiger partial charge in [0.25, 0.3) is 0 Å². The van der Waals surface area contributed by atoms with Crippen molar-refractivity contribution in [1.29, 1.82) is 0 Å². The molecule has 0 unspecified atom stereocenters. The Labute approximate surface area is 188 Å². The Morgan fingerprint density at radius 1 is 0.700 bits per heavy atom. The normalized spacial score (nSPS) is 10.7. The molecule has 0 rings (SSSR count). The summed E-state index contributed by atoms with van der Waals surface area (Å²) in [6.07, 6.45) is 18.4. The first-order valence-electron chi connectivity index (χ1n) is 12.5. The van der Waals surface area contributed by atoms with E-state index in [2.05, 4.69) is 57.1 Å². The Hall–Kier alpha value is -1.45. The van der Waals surface area contributed by atoms with Crippen molar-refractivity contribution in [2.24, 2.45) is 0 Å². The summed E-state index contributed by atoms with van der Waals surface area (Å²) < 4.78 is 1.01. The van der Waals surface area contributed by atoms with Crippen LogP contribution in [0.1, 0.15) is 110 Å². The summed E-state index contributed by atoms with van der Waals surface area (Å²) >= 11 is 0. The van der Waals surface area contributed by atoms with Gasteiger partial charge in [-0.05, 0) is 50.4 Å². The third-order valence-electron chi connectivity index (χ3n) is 5.18. The highest BCUT2D eigenvalue weighted by Gasteiger charge is 2.06. The predicted molar refractivity (Wildman–Crippen MR) is 131 cm³/mol. The van der Waals surface area contributed by atoms with Gasteiger partial charge < -0.3 is 9.80 Å². The van der Waals surface area contributed by atoms with Crippen LogP contribution in [0.25, 0.3) is 0 Å². The quantitative estimate of drug-likeness (QED) is 0.163. The molecule has 0 aliphatic heterocycles. The first-order valence-corrected chi connectivity index (χ1v) is 12.5. The van der Waals surface area contributed by atoms with Crippen LogP contribution in [0.3, 0.4) is 0 Å². The molecule has 0 aliphatic rings. The van der Waals surface area contributed by atoms with Crippen molar-refractivity contribution in [3.05, 3.63) is 0 Å². The predicted octanol–water partition coefficient (Wildman–Crippen LogP) is 6.08. The van der Waals surface area contributed by atoms with Gasteiger partial charge >= 0.3 is 0 Å². The zero-order valence-electron chi connectivity index (χ0n) is 20.6. The molecule has 1 amide bonds. The van der Waals surface area contributed by atoms with E-state index in [-0.39, 0.29) is 5.91 Å². The summed E-state index contributed by atoms with van der Waals surface area (Å²) in [5.41, 5.74) is 0. The lowest BCUT2D eigenvalue weighted by atomic mass is 10.1. The van der Waals surface area contributed by atoms with Gasteiger partial charge in [-0.1, -0.05) is 63.7 Å². The van der Waals surface area contributed by atoms with Gasteiger partial charge in [0.15, 0.2) is 0 Å². The van der Waals surface area contributed by atoms with Crippen molar-refractivity contribution in [2.75, 3.05) is 34.2 Å². The Balaban J connectivity index is 3.34. The minimum atomic E-state index is 0.225. The lowest BCUT2D eigenvalue weighted by Crippen LogP contribution is -2.35. The van der Waals surface area contributed by atoms with Crippen LogP contribution in [0, 0.1) is 23.7 Å². The first-order chi connectivity index (χ1) is 14.5. The second-order valence-corrected chi connectivity index (χ2v) is 9.46. The summed E-state index contributed by atoms with van der Waals surface area (Å²) in [4.78, 5) is 11.8. The summed E-state index contributed by atoms with van der Waals surface area (Å²) in [5, 5.41) is 3.07. The molecule has 3 nitrogen and oxygen atoms in total. The van der Waals surface area contributed by atoms with Crippen molar-refractivity contribution in [2.45, 2.75) is 110 Å². The molecule has 172 valence electrons. The molecule has 0 radical (unpaired) electrons. The molecule has 0 atom stereocenters. The van der Waals surface area contributed by atoms with Crippen molar-refractivity contribution in [3.63, 3.8) is 0 Å². The van der Waals surface area contributed by atoms with E-state index in [0.717, 1.165) is 43.1 Å². The lowest BCUT2D eigenvalue weighted by molar-refractivity contribution is -0.870. The molecule has 0 spiro atoms. The number of hydrogen-bond acceptors (Lipinski definition) is 1. The fourth-order valence-corrected chi connectivity index (χ4v) is 3.26. The summed E-state index contributed by atoms with van der Waals surface area (Å²) in [6.45, 7) is 4.25. The van der Waals surface area contributed by atoms with E-state index in [1.54, 1.807) is 0 Å². The van der Waals surface area contributed by atoms with Crippen LogP contribution < -0.4 is 5.32 Å². The third-order valence-corrected chi connectivity index (χ3v) is 5.18. The highest BCUT2D eigenvalue weighted by molar-refractivity contribution is 5.75. The summed E-state index contributed by atoms with van der Waals surface area (Å²) in [6, 6.07) is 0. The maximum Gasteiger partial charge on any atom is 0.219 e. The third kappa shape index (κ3) is 24.6. The molecule has 1 N–H and O–H groups in total. The molecule has 30 heavy (non-hydrogen) atoms. The van der Waals surface area contributed by atoms with Gasteiger partial charge in [-0.15, -0.1) is 0 Å². The maximum atomic E-state index is 11.8. The van der Waals surface area contributed by atoms with Gasteiger partial charge in [0.2, 0.25) is 5.91 Å². The maximum absolute atomic E-state index is 11.8. The van der Waals surface area contributed by atoms with Crippen LogP contribution in [0.5, 0.6) is 0 Å². The van der Waals surface area contributed by atoms with E-state index in [9.17, 15) is 4.79 Å². The molecule has 0 aromatic rings. The molecule has 0 aliphatic carbocycles. The number of carbonyl (C=O) groups is 1. The molecular weight excluding hydrogens is 368 g/mol. The smallest absolute Gasteiger partial charge is 0.219 e. The molecule has 0 fully saturated rings. The van der Waals surface area contributed by atoms with E-state index in [1.807, 2.05) is 0 Å². The Kier molecular flexibility index (Phi) is 19.8. The van der Waals surface area contributed by atoms with Crippen LogP contribution in [-0.4, -0.2) is 44.6 Å². The second-order valence-electron chi connectivity index (χ2n) is 9.46. The highest BCUT2D eigenvalue weighted by Crippen LogP contribution is 2.07. The Bertz CT molecular complexity index is 525. The number of hydrogen-bond donors (Lipinski definition) is 1. The topological polar surface area (TPSA) is 29.1 Å². The van der Waals surface area contributed by atoms with Gasteiger partial charge in [0, 0.05) is 25.8 Å². The number of unbranched alkanes of at least 4 members (excludes halogenated alkanes) is 12. The number of quaternary nitrogens is 1. The molecular formula is C27H49N2O+. The minimum absolute atomic E-state index is 0.225. The van der Waals surface area contributed by atoms with Crippen LogP contribution in [-0.2, 0) is 4.79 Å².